The number of aliphatic carboxylic acids is 1. The summed E-state index contributed by atoms with van der Waals surface area (Å²) in [4.78, 5) is 50.2. The molecule has 0 bridgehead atoms. The fraction of sp³-hybridized carbons (Fsp3) is 0.448. The maximum Gasteiger partial charge on any atom is 0.415 e. The van der Waals surface area contributed by atoms with E-state index < -0.39 is 46.2 Å². The number of rotatable bonds is 13. The van der Waals surface area contributed by atoms with E-state index in [4.69, 9.17) is 9.47 Å². The number of nitrogens with one attached hydrogen (secondary N) is 2. The minimum Gasteiger partial charge on any atom is -0.480 e. The van der Waals surface area contributed by atoms with Gasteiger partial charge in [0.25, 0.3) is 0 Å². The van der Waals surface area contributed by atoms with Gasteiger partial charge in [0.05, 0.1) is 11.4 Å². The Hall–Kier alpha value is -4.17. The van der Waals surface area contributed by atoms with Gasteiger partial charge in [0, 0.05) is 26.6 Å². The van der Waals surface area contributed by atoms with Crippen LogP contribution >= 0.6 is 0 Å². The van der Waals surface area contributed by atoms with Crippen molar-refractivity contribution in [3.05, 3.63) is 59.7 Å². The number of hydrogen-bond donors (Lipinski definition) is 3. The van der Waals surface area contributed by atoms with Gasteiger partial charge in [0.1, 0.15) is 24.4 Å². The first-order valence-electron chi connectivity index (χ1n) is 14.0. The number of amides is 3. The highest BCUT2D eigenvalue weighted by Crippen LogP contribution is 2.27. The van der Waals surface area contributed by atoms with Gasteiger partial charge in [0.15, 0.2) is 0 Å². The smallest absolute Gasteiger partial charge is 0.415 e. The fourth-order valence-electron chi connectivity index (χ4n) is 4.36. The van der Waals surface area contributed by atoms with E-state index in [0.717, 1.165) is 16.3 Å². The Labute approximate surface area is 251 Å². The zero-order valence-corrected chi connectivity index (χ0v) is 25.3. The Morgan fingerprint density at radius 2 is 1.77 bits per heavy atom. The van der Waals surface area contributed by atoms with Crippen LogP contribution in [0.1, 0.15) is 37.3 Å². The summed E-state index contributed by atoms with van der Waals surface area (Å²) in [5.74, 6) is -1.75. The molecule has 0 aliphatic carbocycles. The van der Waals surface area contributed by atoms with Crippen LogP contribution in [0, 0.1) is 6.92 Å². The molecule has 43 heavy (non-hydrogen) atoms. The van der Waals surface area contributed by atoms with E-state index in [1.54, 1.807) is 24.3 Å². The summed E-state index contributed by atoms with van der Waals surface area (Å²) >= 11 is 0. The average Bonchev–Trinajstić information content (AvgIpc) is 3.48. The van der Waals surface area contributed by atoms with Crippen molar-refractivity contribution in [1.29, 1.82) is 0 Å². The van der Waals surface area contributed by atoms with E-state index in [1.807, 2.05) is 13.8 Å². The van der Waals surface area contributed by atoms with E-state index in [0.29, 0.717) is 18.5 Å². The zero-order chi connectivity index (χ0) is 31.6. The maximum atomic E-state index is 13.2. The van der Waals surface area contributed by atoms with Gasteiger partial charge in [-0.15, -0.1) is 0 Å². The second kappa shape index (κ2) is 15.3. The molecular formula is C29H38N4O9S. The monoisotopic (exact) mass is 618 g/mol. The molecule has 2 aromatic carbocycles. The minimum absolute atomic E-state index is 0.0150. The van der Waals surface area contributed by atoms with Crippen molar-refractivity contribution in [3.63, 3.8) is 0 Å². The largest absolute Gasteiger partial charge is 0.480 e. The van der Waals surface area contributed by atoms with Gasteiger partial charge in [-0.1, -0.05) is 36.8 Å². The third kappa shape index (κ3) is 9.41. The number of ether oxygens (including phenoxy) is 2. The molecule has 1 fully saturated rings. The lowest BCUT2D eigenvalue weighted by Crippen LogP contribution is -2.51. The molecule has 0 unspecified atom stereocenters. The van der Waals surface area contributed by atoms with Gasteiger partial charge in [0.2, 0.25) is 15.9 Å². The summed E-state index contributed by atoms with van der Waals surface area (Å²) in [6.45, 7) is 4.49. The lowest BCUT2D eigenvalue weighted by atomic mass is 10.1. The SMILES string of the molecule is CCCNC(=O)OCCN(C)C(=O)Oc1ccc(C[C@H](NC(=O)[C@@H]2CCCN2S(=O)(=O)c2ccc(C)cc2)C(=O)O)cc1. The highest BCUT2D eigenvalue weighted by atomic mass is 32.2. The molecule has 14 heteroatoms. The van der Waals surface area contributed by atoms with Crippen LogP contribution in [0.4, 0.5) is 9.59 Å². The van der Waals surface area contributed by atoms with Crippen molar-refractivity contribution >= 4 is 34.1 Å². The average molecular weight is 619 g/mol. The summed E-state index contributed by atoms with van der Waals surface area (Å²) in [7, 11) is -2.46. The van der Waals surface area contributed by atoms with E-state index in [-0.39, 0.29) is 43.2 Å². The first-order valence-corrected chi connectivity index (χ1v) is 15.4. The fourth-order valence-corrected chi connectivity index (χ4v) is 6.01. The Bertz CT molecular complexity index is 1380. The third-order valence-corrected chi connectivity index (χ3v) is 8.73. The van der Waals surface area contributed by atoms with Crippen LogP contribution in [0.2, 0.25) is 0 Å². The van der Waals surface area contributed by atoms with Gasteiger partial charge >= 0.3 is 18.2 Å². The number of carbonyl (C=O) groups excluding carboxylic acids is 3. The Kier molecular flexibility index (Phi) is 11.9. The first-order chi connectivity index (χ1) is 20.4. The molecule has 3 amide bonds. The van der Waals surface area contributed by atoms with Crippen LogP contribution in [-0.4, -0.2) is 92.2 Å². The summed E-state index contributed by atoms with van der Waals surface area (Å²) in [6, 6.07) is 10.1. The number of carbonyl (C=O) groups is 4. The number of hydrogen-bond acceptors (Lipinski definition) is 8. The van der Waals surface area contributed by atoms with E-state index >= 15 is 0 Å². The second-order valence-electron chi connectivity index (χ2n) is 10.2. The van der Waals surface area contributed by atoms with Crippen molar-refractivity contribution in [1.82, 2.24) is 19.8 Å². The number of nitrogens with zero attached hydrogens (tertiary/aromatic N) is 2. The normalized spacial score (nSPS) is 15.7. The number of likely N-dealkylation sites (N-methyl/N-ethyl adjacent to an activating group) is 1. The highest BCUT2D eigenvalue weighted by molar-refractivity contribution is 7.89. The van der Waals surface area contributed by atoms with Gasteiger partial charge in [-0.05, 0) is 56.0 Å². The van der Waals surface area contributed by atoms with Gasteiger partial charge in [-0.3, -0.25) is 4.79 Å². The molecule has 0 spiro atoms. The number of sulfonamides is 1. The number of aryl methyl sites for hydroxylation is 1. The molecule has 0 saturated carbocycles. The van der Waals surface area contributed by atoms with Crippen LogP contribution in [0.15, 0.2) is 53.4 Å². The van der Waals surface area contributed by atoms with Crippen molar-refractivity contribution in [3.8, 4) is 5.75 Å². The molecule has 234 valence electrons. The molecule has 13 nitrogen and oxygen atoms in total. The Morgan fingerprint density at radius 3 is 2.40 bits per heavy atom. The highest BCUT2D eigenvalue weighted by Gasteiger charge is 2.40. The molecule has 1 heterocycles. The number of alkyl carbamates (subject to hydrolysis) is 1. The van der Waals surface area contributed by atoms with Gasteiger partial charge in [-0.25, -0.2) is 22.8 Å². The topological polar surface area (TPSA) is 172 Å². The predicted molar refractivity (Wildman–Crippen MR) is 156 cm³/mol. The Morgan fingerprint density at radius 1 is 1.09 bits per heavy atom. The molecule has 1 saturated heterocycles. The molecule has 1 aliphatic heterocycles. The molecule has 1 aliphatic rings. The van der Waals surface area contributed by atoms with Crippen molar-refractivity contribution in [2.24, 2.45) is 0 Å². The maximum absolute atomic E-state index is 13.2. The third-order valence-electron chi connectivity index (χ3n) is 6.81. The van der Waals surface area contributed by atoms with Gasteiger partial charge in [-0.2, -0.15) is 4.31 Å². The number of carboxylic acid groups (broad SMARTS) is 1. The lowest BCUT2D eigenvalue weighted by Gasteiger charge is -2.25. The summed E-state index contributed by atoms with van der Waals surface area (Å²) in [5.41, 5.74) is 1.44. The molecule has 0 aromatic heterocycles. The van der Waals surface area contributed by atoms with Crippen molar-refractivity contribution in [2.45, 2.75) is 56.5 Å². The van der Waals surface area contributed by atoms with E-state index in [2.05, 4.69) is 10.6 Å². The molecule has 2 aromatic rings. The van der Waals surface area contributed by atoms with Crippen molar-refractivity contribution < 1.29 is 42.2 Å². The Balaban J connectivity index is 1.55. The van der Waals surface area contributed by atoms with E-state index in [1.165, 1.54) is 36.2 Å². The zero-order valence-electron chi connectivity index (χ0n) is 24.4. The van der Waals surface area contributed by atoms with Crippen LogP contribution in [0.3, 0.4) is 0 Å². The predicted octanol–water partition coefficient (Wildman–Crippen LogP) is 2.53. The standard InChI is InChI=1S/C29H38N4O9S/c1-4-15-30-28(37)41-18-17-32(3)29(38)42-22-11-9-21(10-12-22)19-24(27(35)36)31-26(34)25-6-5-16-33(25)43(39,40)23-13-7-20(2)8-14-23/h7-14,24-25H,4-6,15-19H2,1-3H3,(H,30,37)(H,31,34)(H,35,36)/t24-,25-/m0/s1. The van der Waals surface area contributed by atoms with Crippen LogP contribution < -0.4 is 15.4 Å². The first kappa shape index (κ1) is 33.3. The molecule has 2 atom stereocenters. The van der Waals surface area contributed by atoms with Gasteiger partial charge < -0.3 is 30.1 Å². The van der Waals surface area contributed by atoms with Crippen LogP contribution in [-0.2, 0) is 30.8 Å². The quantitative estimate of drug-likeness (QED) is 0.305. The molecule has 3 rings (SSSR count). The minimum atomic E-state index is -3.94. The summed E-state index contributed by atoms with van der Waals surface area (Å²) in [5, 5.41) is 14.8. The number of carboxylic acids is 1. The molecule has 3 N–H and O–H groups in total. The summed E-state index contributed by atoms with van der Waals surface area (Å²) < 4.78 is 37.8. The van der Waals surface area contributed by atoms with Crippen LogP contribution in [0.5, 0.6) is 5.75 Å². The molecular weight excluding hydrogens is 580 g/mol. The summed E-state index contributed by atoms with van der Waals surface area (Å²) in [6.07, 6.45) is 0.190. The molecule has 0 radical (unpaired) electrons. The second-order valence-corrected chi connectivity index (χ2v) is 12.1. The van der Waals surface area contributed by atoms with Crippen molar-refractivity contribution in [2.75, 3.05) is 33.3 Å². The van der Waals surface area contributed by atoms with E-state index in [9.17, 15) is 32.7 Å². The number of benzene rings is 2. The van der Waals surface area contributed by atoms with Crippen LogP contribution in [0.25, 0.3) is 0 Å². The lowest BCUT2D eigenvalue weighted by molar-refractivity contribution is -0.142.